The number of halogens is 3. The van der Waals surface area contributed by atoms with Crippen LogP contribution >= 0.6 is 0 Å². The summed E-state index contributed by atoms with van der Waals surface area (Å²) < 4.78 is 37.5. The summed E-state index contributed by atoms with van der Waals surface area (Å²) in [5, 5.41) is 6.52. The van der Waals surface area contributed by atoms with Gasteiger partial charge in [0.2, 0.25) is 0 Å². The topological polar surface area (TPSA) is 42.9 Å². The second-order valence-electron chi connectivity index (χ2n) is 7.41. The highest BCUT2D eigenvalue weighted by Crippen LogP contribution is 2.21. The summed E-state index contributed by atoms with van der Waals surface area (Å²) in [6.07, 6.45) is 0.153. The second-order valence-corrected chi connectivity index (χ2v) is 7.41. The van der Waals surface area contributed by atoms with Crippen LogP contribution in [0.4, 0.5) is 13.2 Å². The number of nitrogens with one attached hydrogen (secondary N) is 2. The Morgan fingerprint density at radius 2 is 1.77 bits per heavy atom. The normalized spacial score (nSPS) is 24.2. The lowest BCUT2D eigenvalue weighted by molar-refractivity contribution is -0.143. The lowest BCUT2D eigenvalue weighted by Crippen LogP contribution is -2.45. The molecule has 2 aliphatic heterocycles. The van der Waals surface area contributed by atoms with E-state index in [0.717, 1.165) is 44.4 Å². The summed E-state index contributed by atoms with van der Waals surface area (Å²) in [4.78, 5) is 8.60. The molecule has 0 amide bonds. The maximum Gasteiger partial charge on any atom is 0.401 e. The Labute approximate surface area is 155 Å². The average Bonchev–Trinajstić information content (AvgIpc) is 3.00. The molecule has 1 atom stereocenters. The minimum atomic E-state index is -4.12. The van der Waals surface area contributed by atoms with E-state index in [-0.39, 0.29) is 6.04 Å². The quantitative estimate of drug-likeness (QED) is 0.528. The summed E-state index contributed by atoms with van der Waals surface area (Å²) in [6.45, 7) is 9.29. The van der Waals surface area contributed by atoms with Crippen LogP contribution in [0.2, 0.25) is 0 Å². The molecule has 2 fully saturated rings. The zero-order chi connectivity index (χ0) is 19.0. The zero-order valence-electron chi connectivity index (χ0n) is 16.1. The molecule has 0 bridgehead atoms. The fourth-order valence-corrected chi connectivity index (χ4v) is 3.81. The fraction of sp³-hybridized carbons (Fsp3) is 0.944. The molecule has 0 aliphatic carbocycles. The van der Waals surface area contributed by atoms with Gasteiger partial charge in [0.25, 0.3) is 0 Å². The Kier molecular flexibility index (Phi) is 8.47. The Morgan fingerprint density at radius 1 is 1.08 bits per heavy atom. The first-order chi connectivity index (χ1) is 12.4. The van der Waals surface area contributed by atoms with E-state index in [1.807, 2.05) is 6.92 Å². The van der Waals surface area contributed by atoms with Crippen LogP contribution in [0, 0.1) is 5.92 Å². The van der Waals surface area contributed by atoms with Crippen molar-refractivity contribution in [3.8, 4) is 0 Å². The van der Waals surface area contributed by atoms with Crippen molar-refractivity contribution in [2.45, 2.75) is 51.7 Å². The van der Waals surface area contributed by atoms with Crippen molar-refractivity contribution in [3.63, 3.8) is 0 Å². The first kappa shape index (κ1) is 21.3. The van der Waals surface area contributed by atoms with Crippen molar-refractivity contribution in [1.82, 2.24) is 20.4 Å². The van der Waals surface area contributed by atoms with Gasteiger partial charge >= 0.3 is 6.18 Å². The number of likely N-dealkylation sites (tertiary alicyclic amines) is 2. The van der Waals surface area contributed by atoms with Gasteiger partial charge in [0.1, 0.15) is 0 Å². The predicted octanol–water partition coefficient (Wildman–Crippen LogP) is 2.30. The van der Waals surface area contributed by atoms with Crippen molar-refractivity contribution >= 4 is 5.96 Å². The lowest BCUT2D eigenvalue weighted by atomic mass is 9.94. The van der Waals surface area contributed by atoms with Crippen molar-refractivity contribution < 1.29 is 13.2 Å². The van der Waals surface area contributed by atoms with Crippen LogP contribution in [0.5, 0.6) is 0 Å². The summed E-state index contributed by atoms with van der Waals surface area (Å²) in [6, 6.07) is 0.0305. The number of alkyl halides is 3. The highest BCUT2D eigenvalue weighted by Gasteiger charge is 2.34. The van der Waals surface area contributed by atoms with Crippen LogP contribution in [0.15, 0.2) is 4.99 Å². The molecule has 2 rings (SSSR count). The molecule has 0 saturated carbocycles. The Bertz CT molecular complexity index is 433. The third kappa shape index (κ3) is 7.70. The van der Waals surface area contributed by atoms with Crippen molar-refractivity contribution in [3.05, 3.63) is 0 Å². The number of rotatable bonds is 7. The minimum Gasteiger partial charge on any atom is -0.357 e. The van der Waals surface area contributed by atoms with Crippen LogP contribution in [-0.2, 0) is 0 Å². The van der Waals surface area contributed by atoms with E-state index in [2.05, 4.69) is 27.4 Å². The lowest BCUT2D eigenvalue weighted by Gasteiger charge is -2.30. The molecular formula is C18H34F3N5. The van der Waals surface area contributed by atoms with E-state index in [9.17, 15) is 13.2 Å². The van der Waals surface area contributed by atoms with Gasteiger partial charge in [-0.05, 0) is 58.2 Å². The summed E-state index contributed by atoms with van der Waals surface area (Å²) in [5.41, 5.74) is 0. The van der Waals surface area contributed by atoms with Gasteiger partial charge in [-0.25, -0.2) is 0 Å². The van der Waals surface area contributed by atoms with E-state index in [1.165, 1.54) is 30.8 Å². The molecule has 152 valence electrons. The Hall–Kier alpha value is -1.02. The van der Waals surface area contributed by atoms with Gasteiger partial charge in [-0.3, -0.25) is 9.89 Å². The zero-order valence-corrected chi connectivity index (χ0v) is 16.1. The molecule has 0 aromatic carbocycles. The molecule has 0 spiro atoms. The monoisotopic (exact) mass is 377 g/mol. The molecule has 5 nitrogen and oxygen atoms in total. The van der Waals surface area contributed by atoms with Crippen LogP contribution in [0.3, 0.4) is 0 Å². The van der Waals surface area contributed by atoms with E-state index in [4.69, 9.17) is 0 Å². The van der Waals surface area contributed by atoms with Gasteiger partial charge in [-0.1, -0.05) is 6.92 Å². The molecule has 2 saturated heterocycles. The smallest absolute Gasteiger partial charge is 0.357 e. The van der Waals surface area contributed by atoms with Crippen LogP contribution in [0.25, 0.3) is 0 Å². The Morgan fingerprint density at radius 3 is 2.38 bits per heavy atom. The molecule has 1 unspecified atom stereocenters. The van der Waals surface area contributed by atoms with Crippen molar-refractivity contribution in [2.24, 2.45) is 10.9 Å². The molecule has 26 heavy (non-hydrogen) atoms. The molecule has 2 N–H and O–H groups in total. The number of hydrogen-bond acceptors (Lipinski definition) is 3. The van der Waals surface area contributed by atoms with Gasteiger partial charge in [0, 0.05) is 32.2 Å². The van der Waals surface area contributed by atoms with Crippen molar-refractivity contribution in [2.75, 3.05) is 52.4 Å². The predicted molar refractivity (Wildman–Crippen MR) is 99.5 cm³/mol. The number of piperidine rings is 1. The third-order valence-electron chi connectivity index (χ3n) is 5.32. The third-order valence-corrected chi connectivity index (χ3v) is 5.32. The molecule has 0 aromatic rings. The van der Waals surface area contributed by atoms with Crippen molar-refractivity contribution in [1.29, 1.82) is 0 Å². The largest absolute Gasteiger partial charge is 0.401 e. The summed E-state index contributed by atoms with van der Waals surface area (Å²) >= 11 is 0. The first-order valence-corrected chi connectivity index (χ1v) is 9.96. The molecule has 2 aliphatic rings. The fourth-order valence-electron chi connectivity index (χ4n) is 3.81. The summed E-state index contributed by atoms with van der Waals surface area (Å²) in [5.74, 6) is 1.47. The summed E-state index contributed by atoms with van der Waals surface area (Å²) in [7, 11) is 0. The maximum atomic E-state index is 12.5. The van der Waals surface area contributed by atoms with Crippen LogP contribution in [0.1, 0.15) is 39.5 Å². The van der Waals surface area contributed by atoms with E-state index < -0.39 is 12.7 Å². The molecule has 8 heteroatoms. The maximum absolute atomic E-state index is 12.5. The average molecular weight is 377 g/mol. The van der Waals surface area contributed by atoms with Gasteiger partial charge < -0.3 is 15.5 Å². The Balaban J connectivity index is 1.73. The van der Waals surface area contributed by atoms with Gasteiger partial charge in [-0.2, -0.15) is 13.2 Å². The number of aliphatic imine (C=N–C) groups is 1. The van der Waals surface area contributed by atoms with Gasteiger partial charge in [0.15, 0.2) is 5.96 Å². The van der Waals surface area contributed by atoms with E-state index in [1.54, 1.807) is 0 Å². The number of hydrogen-bond donors (Lipinski definition) is 2. The van der Waals surface area contributed by atoms with E-state index >= 15 is 0 Å². The minimum absolute atomic E-state index is 0.0305. The van der Waals surface area contributed by atoms with Crippen LogP contribution in [-0.4, -0.2) is 80.3 Å². The van der Waals surface area contributed by atoms with Gasteiger partial charge in [-0.15, -0.1) is 0 Å². The number of guanidine groups is 1. The molecular weight excluding hydrogens is 343 g/mol. The van der Waals surface area contributed by atoms with E-state index in [0.29, 0.717) is 13.1 Å². The van der Waals surface area contributed by atoms with Gasteiger partial charge in [0.05, 0.1) is 6.54 Å². The standard InChI is InChI=1S/C18H34F3N5/c1-3-22-17(23-9-5-15-6-10-25(4-2)11-7-15)24-16-8-12-26(13-16)14-18(19,20)21/h15-16H,3-14H2,1-2H3,(H2,22,23,24). The second kappa shape index (κ2) is 10.3. The molecule has 0 radical (unpaired) electrons. The van der Waals surface area contributed by atoms with Crippen LogP contribution < -0.4 is 10.6 Å². The SMILES string of the molecule is CCNC(=NCCC1CCN(CC)CC1)NC1CCN(CC(F)(F)F)C1. The first-order valence-electron chi connectivity index (χ1n) is 9.96. The molecule has 2 heterocycles. The number of nitrogens with zero attached hydrogens (tertiary/aromatic N) is 3. The molecule has 0 aromatic heterocycles. The highest BCUT2D eigenvalue weighted by molar-refractivity contribution is 5.80. The highest BCUT2D eigenvalue weighted by atomic mass is 19.4.